The second kappa shape index (κ2) is 7.79. The molecule has 1 aliphatic carbocycles. The molecular formula is C17H25Cl3N2O2. The first-order chi connectivity index (χ1) is 10.6. The van der Waals surface area contributed by atoms with Crippen LogP contribution < -0.4 is 11.1 Å². The molecule has 0 bridgehead atoms. The number of halogens is 3. The Balaban J connectivity index is 0.00000288. The van der Waals surface area contributed by atoms with Crippen LogP contribution in [0.2, 0.25) is 10.0 Å². The number of carbonyl (C=O) groups is 1. The predicted octanol–water partition coefficient (Wildman–Crippen LogP) is 4.12. The number of nitrogens with one attached hydrogen (secondary N) is 1. The number of carbonyl (C=O) groups excluding carboxylic acids is 1. The average Bonchev–Trinajstić information content (AvgIpc) is 2.46. The van der Waals surface area contributed by atoms with E-state index in [9.17, 15) is 4.79 Å². The van der Waals surface area contributed by atoms with Gasteiger partial charge in [-0.15, -0.1) is 12.4 Å². The van der Waals surface area contributed by atoms with E-state index < -0.39 is 11.0 Å². The molecule has 0 saturated heterocycles. The lowest BCUT2D eigenvalue weighted by Crippen LogP contribution is -2.75. The molecule has 1 amide bonds. The molecule has 7 heteroatoms. The third-order valence-corrected chi connectivity index (χ3v) is 5.57. The van der Waals surface area contributed by atoms with Crippen LogP contribution in [0.5, 0.6) is 0 Å². The van der Waals surface area contributed by atoms with Gasteiger partial charge in [-0.25, -0.2) is 0 Å². The highest BCUT2D eigenvalue weighted by Gasteiger charge is 2.62. The van der Waals surface area contributed by atoms with Crippen LogP contribution in [0.15, 0.2) is 18.2 Å². The molecule has 0 radical (unpaired) electrons. The van der Waals surface area contributed by atoms with Gasteiger partial charge in [0.05, 0.1) is 12.1 Å². The lowest BCUT2D eigenvalue weighted by molar-refractivity contribution is -0.171. The van der Waals surface area contributed by atoms with Crippen molar-refractivity contribution in [3.8, 4) is 0 Å². The first kappa shape index (κ1) is 21.5. The molecule has 1 aliphatic rings. The van der Waals surface area contributed by atoms with Crippen molar-refractivity contribution < 1.29 is 9.53 Å². The van der Waals surface area contributed by atoms with Gasteiger partial charge in [0.1, 0.15) is 5.54 Å². The van der Waals surface area contributed by atoms with Gasteiger partial charge in [0.2, 0.25) is 5.91 Å². The fraction of sp³-hybridized carbons (Fsp3) is 0.588. The smallest absolute Gasteiger partial charge is 0.241 e. The van der Waals surface area contributed by atoms with Crippen molar-refractivity contribution >= 4 is 41.5 Å². The minimum atomic E-state index is -0.944. The molecule has 0 heterocycles. The predicted molar refractivity (Wildman–Crippen MR) is 101 cm³/mol. The monoisotopic (exact) mass is 394 g/mol. The fourth-order valence-corrected chi connectivity index (χ4v) is 3.65. The van der Waals surface area contributed by atoms with Gasteiger partial charge in [-0.1, -0.05) is 43.1 Å². The molecule has 4 nitrogen and oxygen atoms in total. The number of hydrogen-bond acceptors (Lipinski definition) is 3. The number of nitrogens with two attached hydrogens (primary N) is 1. The van der Waals surface area contributed by atoms with Crippen molar-refractivity contribution in [2.75, 3.05) is 6.61 Å². The standard InChI is InChI=1S/C17H24Cl2N2O2.ClH/c1-5-23-14-9-17(20,16(14,3)4)15(22)21-10(2)12-7-6-11(18)8-13(12)19;/h6-8,10,14H,5,9,20H2,1-4H3,(H,21,22);1H. The Bertz CT molecular complexity index is 609. The first-order valence-corrected chi connectivity index (χ1v) is 8.55. The molecule has 3 atom stereocenters. The van der Waals surface area contributed by atoms with E-state index in [0.717, 1.165) is 5.56 Å². The second-order valence-corrected chi connectivity index (χ2v) is 7.55. The van der Waals surface area contributed by atoms with E-state index in [2.05, 4.69) is 5.32 Å². The fourth-order valence-electron chi connectivity index (χ4n) is 3.08. The number of amides is 1. The highest BCUT2D eigenvalue weighted by Crippen LogP contribution is 2.50. The average molecular weight is 396 g/mol. The van der Waals surface area contributed by atoms with E-state index in [4.69, 9.17) is 33.7 Å². The summed E-state index contributed by atoms with van der Waals surface area (Å²) in [5.41, 5.74) is 5.83. The molecule has 136 valence electrons. The van der Waals surface area contributed by atoms with Crippen molar-refractivity contribution in [1.82, 2.24) is 5.32 Å². The van der Waals surface area contributed by atoms with Gasteiger partial charge in [-0.3, -0.25) is 4.79 Å². The Morgan fingerprint density at radius 3 is 2.58 bits per heavy atom. The zero-order valence-corrected chi connectivity index (χ0v) is 16.7. The Morgan fingerprint density at radius 1 is 1.46 bits per heavy atom. The highest BCUT2D eigenvalue weighted by atomic mass is 35.5. The van der Waals surface area contributed by atoms with Crippen molar-refractivity contribution in [3.05, 3.63) is 33.8 Å². The second-order valence-electron chi connectivity index (χ2n) is 6.70. The Morgan fingerprint density at radius 2 is 2.08 bits per heavy atom. The lowest BCUT2D eigenvalue weighted by atomic mass is 9.54. The molecule has 0 spiro atoms. The summed E-state index contributed by atoms with van der Waals surface area (Å²) in [6.07, 6.45) is 0.512. The van der Waals surface area contributed by atoms with Gasteiger partial charge in [-0.2, -0.15) is 0 Å². The van der Waals surface area contributed by atoms with Gasteiger partial charge >= 0.3 is 0 Å². The van der Waals surface area contributed by atoms with Crippen molar-refractivity contribution in [1.29, 1.82) is 0 Å². The van der Waals surface area contributed by atoms with Gasteiger partial charge in [0.25, 0.3) is 0 Å². The number of benzene rings is 1. The summed E-state index contributed by atoms with van der Waals surface area (Å²) in [4.78, 5) is 12.7. The molecular weight excluding hydrogens is 371 g/mol. The molecule has 2 rings (SSSR count). The zero-order chi connectivity index (χ0) is 17.4. The van der Waals surface area contributed by atoms with Crippen molar-refractivity contribution in [2.45, 2.75) is 51.8 Å². The first-order valence-electron chi connectivity index (χ1n) is 7.80. The number of ether oxygens (including phenoxy) is 1. The summed E-state index contributed by atoms with van der Waals surface area (Å²) < 4.78 is 5.66. The number of hydrogen-bond donors (Lipinski definition) is 2. The molecule has 0 aromatic heterocycles. The molecule has 1 fully saturated rings. The minimum absolute atomic E-state index is 0. The van der Waals surface area contributed by atoms with Crippen LogP contribution in [0.3, 0.4) is 0 Å². The summed E-state index contributed by atoms with van der Waals surface area (Å²) in [5, 5.41) is 4.06. The van der Waals surface area contributed by atoms with E-state index in [1.807, 2.05) is 33.8 Å². The van der Waals surface area contributed by atoms with Crippen LogP contribution in [-0.2, 0) is 9.53 Å². The third-order valence-electron chi connectivity index (χ3n) is 5.01. The molecule has 24 heavy (non-hydrogen) atoms. The zero-order valence-electron chi connectivity index (χ0n) is 14.4. The maximum Gasteiger partial charge on any atom is 0.241 e. The van der Waals surface area contributed by atoms with Crippen LogP contribution in [0, 0.1) is 5.41 Å². The molecule has 3 unspecified atom stereocenters. The quantitative estimate of drug-likeness (QED) is 0.788. The normalized spacial score (nSPS) is 26.0. The van der Waals surface area contributed by atoms with Crippen LogP contribution >= 0.6 is 35.6 Å². The molecule has 1 aromatic carbocycles. The maximum absolute atomic E-state index is 12.7. The van der Waals surface area contributed by atoms with E-state index in [1.54, 1.807) is 12.1 Å². The molecule has 1 aromatic rings. The Kier molecular flexibility index (Phi) is 6.99. The van der Waals surface area contributed by atoms with Gasteiger partial charge in [-0.05, 0) is 31.5 Å². The van der Waals surface area contributed by atoms with Gasteiger partial charge in [0, 0.05) is 28.5 Å². The summed E-state index contributed by atoms with van der Waals surface area (Å²) in [7, 11) is 0. The van der Waals surface area contributed by atoms with Crippen LogP contribution in [-0.4, -0.2) is 24.2 Å². The Hall–Kier alpha value is -0.520. The molecule has 3 N–H and O–H groups in total. The van der Waals surface area contributed by atoms with Crippen LogP contribution in [0.1, 0.15) is 45.7 Å². The SMILES string of the molecule is CCOC1CC(N)(C(=O)NC(C)c2ccc(Cl)cc2Cl)C1(C)C.Cl. The summed E-state index contributed by atoms with van der Waals surface area (Å²) in [5.74, 6) is -0.183. The minimum Gasteiger partial charge on any atom is -0.378 e. The Labute approximate surface area is 159 Å². The van der Waals surface area contributed by atoms with Crippen LogP contribution in [0.4, 0.5) is 0 Å². The van der Waals surface area contributed by atoms with Crippen LogP contribution in [0.25, 0.3) is 0 Å². The van der Waals surface area contributed by atoms with E-state index in [-0.39, 0.29) is 30.5 Å². The topological polar surface area (TPSA) is 64.3 Å². The largest absolute Gasteiger partial charge is 0.378 e. The van der Waals surface area contributed by atoms with E-state index in [1.165, 1.54) is 0 Å². The molecule has 1 saturated carbocycles. The molecule has 0 aliphatic heterocycles. The van der Waals surface area contributed by atoms with Gasteiger partial charge in [0.15, 0.2) is 0 Å². The van der Waals surface area contributed by atoms with E-state index in [0.29, 0.717) is 23.1 Å². The van der Waals surface area contributed by atoms with Gasteiger partial charge < -0.3 is 15.8 Å². The van der Waals surface area contributed by atoms with E-state index >= 15 is 0 Å². The summed E-state index contributed by atoms with van der Waals surface area (Å²) in [6.45, 7) is 8.37. The lowest BCUT2D eigenvalue weighted by Gasteiger charge is -2.57. The van der Waals surface area contributed by atoms with Crippen molar-refractivity contribution in [3.63, 3.8) is 0 Å². The highest BCUT2D eigenvalue weighted by molar-refractivity contribution is 6.35. The maximum atomic E-state index is 12.7. The number of rotatable bonds is 5. The summed E-state index contributed by atoms with van der Waals surface area (Å²) >= 11 is 12.1. The van der Waals surface area contributed by atoms with Crippen molar-refractivity contribution in [2.24, 2.45) is 11.1 Å². The third kappa shape index (κ3) is 3.68. The summed E-state index contributed by atoms with van der Waals surface area (Å²) in [6, 6.07) is 4.97.